The molecule has 1 N–H and O–H groups in total. The molecule has 1 aromatic carbocycles. The number of nitrogens with zero attached hydrogens (tertiary/aromatic N) is 3. The first-order valence-corrected chi connectivity index (χ1v) is 7.41. The van der Waals surface area contributed by atoms with Gasteiger partial charge in [-0.1, -0.05) is 18.2 Å². The second-order valence-corrected chi connectivity index (χ2v) is 5.43. The Hall–Kier alpha value is -1.75. The molecule has 1 aromatic heterocycles. The number of hydrogen-bond acceptors (Lipinski definition) is 3. The normalized spacial score (nSPS) is 12.6. The number of halogens is 1. The van der Waals surface area contributed by atoms with E-state index in [0.717, 1.165) is 36.7 Å². The SMILES string of the molecule is Cc1nc(C)n(CCCNC(C)Cc2ccccc2F)n1. The summed E-state index contributed by atoms with van der Waals surface area (Å²) in [5.74, 6) is 1.64. The number of benzene rings is 1. The van der Waals surface area contributed by atoms with Gasteiger partial charge < -0.3 is 5.32 Å². The summed E-state index contributed by atoms with van der Waals surface area (Å²) in [5, 5.41) is 7.76. The van der Waals surface area contributed by atoms with Crippen molar-refractivity contribution in [3.05, 3.63) is 47.3 Å². The Labute approximate surface area is 125 Å². The van der Waals surface area contributed by atoms with Crippen molar-refractivity contribution >= 4 is 0 Å². The van der Waals surface area contributed by atoms with Crippen molar-refractivity contribution in [1.29, 1.82) is 0 Å². The van der Waals surface area contributed by atoms with Gasteiger partial charge in [0.25, 0.3) is 0 Å². The fourth-order valence-electron chi connectivity index (χ4n) is 2.42. The molecule has 1 unspecified atom stereocenters. The second-order valence-electron chi connectivity index (χ2n) is 5.43. The summed E-state index contributed by atoms with van der Waals surface area (Å²) in [6.07, 6.45) is 1.68. The van der Waals surface area contributed by atoms with Crippen LogP contribution in [-0.2, 0) is 13.0 Å². The molecular weight excluding hydrogens is 267 g/mol. The van der Waals surface area contributed by atoms with Crippen LogP contribution in [0, 0.1) is 19.7 Å². The van der Waals surface area contributed by atoms with Gasteiger partial charge in [0.1, 0.15) is 17.5 Å². The van der Waals surface area contributed by atoms with E-state index >= 15 is 0 Å². The minimum absolute atomic E-state index is 0.125. The highest BCUT2D eigenvalue weighted by Crippen LogP contribution is 2.09. The highest BCUT2D eigenvalue weighted by molar-refractivity contribution is 5.18. The third kappa shape index (κ3) is 4.63. The molecule has 0 aliphatic rings. The Balaban J connectivity index is 1.71. The molecule has 114 valence electrons. The van der Waals surface area contributed by atoms with E-state index in [9.17, 15) is 4.39 Å². The van der Waals surface area contributed by atoms with Gasteiger partial charge in [-0.05, 0) is 51.8 Å². The number of aryl methyl sites for hydroxylation is 3. The summed E-state index contributed by atoms with van der Waals surface area (Å²) in [6, 6.07) is 7.20. The van der Waals surface area contributed by atoms with Crippen LogP contribution in [0.2, 0.25) is 0 Å². The van der Waals surface area contributed by atoms with Gasteiger partial charge in [0, 0.05) is 12.6 Å². The molecule has 4 nitrogen and oxygen atoms in total. The number of rotatable bonds is 7. The van der Waals surface area contributed by atoms with Gasteiger partial charge in [0.2, 0.25) is 0 Å². The first kappa shape index (κ1) is 15.6. The highest BCUT2D eigenvalue weighted by atomic mass is 19.1. The molecular formula is C16H23FN4. The van der Waals surface area contributed by atoms with Gasteiger partial charge in [0.05, 0.1) is 0 Å². The summed E-state index contributed by atoms with van der Waals surface area (Å²) >= 11 is 0. The first-order chi connectivity index (χ1) is 10.1. The van der Waals surface area contributed by atoms with E-state index < -0.39 is 0 Å². The van der Waals surface area contributed by atoms with E-state index in [0.29, 0.717) is 6.42 Å². The van der Waals surface area contributed by atoms with Crippen LogP contribution in [0.1, 0.15) is 30.6 Å². The summed E-state index contributed by atoms with van der Waals surface area (Å²) in [6.45, 7) is 7.68. The maximum absolute atomic E-state index is 13.6. The van der Waals surface area contributed by atoms with Crippen LogP contribution in [-0.4, -0.2) is 27.4 Å². The van der Waals surface area contributed by atoms with Gasteiger partial charge in [-0.2, -0.15) is 5.10 Å². The predicted octanol–water partition coefficient (Wildman–Crippen LogP) is 2.64. The van der Waals surface area contributed by atoms with Crippen molar-refractivity contribution in [1.82, 2.24) is 20.1 Å². The standard InChI is InChI=1S/C16H23FN4/c1-12(11-15-7-4-5-8-16(15)17)18-9-6-10-21-14(3)19-13(2)20-21/h4-5,7-8,12,18H,6,9-11H2,1-3H3. The van der Waals surface area contributed by atoms with Crippen LogP contribution in [0.25, 0.3) is 0 Å². The average molecular weight is 290 g/mol. The molecule has 2 aromatic rings. The molecule has 1 heterocycles. The van der Waals surface area contributed by atoms with Crippen LogP contribution >= 0.6 is 0 Å². The minimum Gasteiger partial charge on any atom is -0.314 e. The Bertz CT molecular complexity index is 579. The first-order valence-electron chi connectivity index (χ1n) is 7.41. The third-order valence-corrected chi connectivity index (χ3v) is 3.49. The molecule has 5 heteroatoms. The van der Waals surface area contributed by atoms with Gasteiger partial charge in [-0.25, -0.2) is 9.37 Å². The number of nitrogens with one attached hydrogen (secondary N) is 1. The van der Waals surface area contributed by atoms with Crippen LogP contribution in [0.3, 0.4) is 0 Å². The van der Waals surface area contributed by atoms with Crippen LogP contribution in [0.15, 0.2) is 24.3 Å². The maximum Gasteiger partial charge on any atom is 0.147 e. The van der Waals surface area contributed by atoms with Crippen LogP contribution in [0.4, 0.5) is 4.39 Å². The molecule has 0 aliphatic carbocycles. The monoisotopic (exact) mass is 290 g/mol. The molecule has 21 heavy (non-hydrogen) atoms. The quantitative estimate of drug-likeness (QED) is 0.797. The van der Waals surface area contributed by atoms with E-state index in [4.69, 9.17) is 0 Å². The summed E-state index contributed by atoms with van der Waals surface area (Å²) < 4.78 is 15.5. The molecule has 0 aliphatic heterocycles. The zero-order valence-corrected chi connectivity index (χ0v) is 12.9. The Morgan fingerprint density at radius 3 is 2.71 bits per heavy atom. The van der Waals surface area contributed by atoms with Gasteiger partial charge in [-0.15, -0.1) is 0 Å². The summed E-state index contributed by atoms with van der Waals surface area (Å²) in [4.78, 5) is 4.28. The van der Waals surface area contributed by atoms with Crippen LogP contribution < -0.4 is 5.32 Å². The van der Waals surface area contributed by atoms with Crippen molar-refractivity contribution in [3.8, 4) is 0 Å². The van der Waals surface area contributed by atoms with Crippen molar-refractivity contribution in [2.75, 3.05) is 6.54 Å². The average Bonchev–Trinajstić information content (AvgIpc) is 2.76. The van der Waals surface area contributed by atoms with E-state index in [-0.39, 0.29) is 11.9 Å². The lowest BCUT2D eigenvalue weighted by Crippen LogP contribution is -2.30. The largest absolute Gasteiger partial charge is 0.314 e. The lowest BCUT2D eigenvalue weighted by Gasteiger charge is -2.14. The molecule has 0 radical (unpaired) electrons. The number of aromatic nitrogens is 3. The Kier molecular flexibility index (Phi) is 5.44. The molecule has 0 saturated heterocycles. The zero-order chi connectivity index (χ0) is 15.2. The fraction of sp³-hybridized carbons (Fsp3) is 0.500. The smallest absolute Gasteiger partial charge is 0.147 e. The summed E-state index contributed by atoms with van der Waals surface area (Å²) in [7, 11) is 0. The van der Waals surface area contributed by atoms with Gasteiger partial charge in [0.15, 0.2) is 0 Å². The van der Waals surface area contributed by atoms with Gasteiger partial charge in [-0.3, -0.25) is 4.68 Å². The molecule has 2 rings (SSSR count). The van der Waals surface area contributed by atoms with E-state index in [1.807, 2.05) is 30.7 Å². The van der Waals surface area contributed by atoms with Crippen molar-refractivity contribution in [2.24, 2.45) is 0 Å². The summed E-state index contributed by atoms with van der Waals surface area (Å²) in [5.41, 5.74) is 0.764. The Morgan fingerprint density at radius 1 is 1.29 bits per heavy atom. The molecule has 1 atom stereocenters. The molecule has 0 fully saturated rings. The zero-order valence-electron chi connectivity index (χ0n) is 12.9. The van der Waals surface area contributed by atoms with Crippen molar-refractivity contribution in [3.63, 3.8) is 0 Å². The topological polar surface area (TPSA) is 42.7 Å². The molecule has 0 saturated carbocycles. The Morgan fingerprint density at radius 2 is 2.05 bits per heavy atom. The minimum atomic E-state index is -0.125. The number of hydrogen-bond donors (Lipinski definition) is 1. The van der Waals surface area contributed by atoms with Crippen molar-refractivity contribution < 1.29 is 4.39 Å². The predicted molar refractivity (Wildman–Crippen MR) is 81.7 cm³/mol. The lowest BCUT2D eigenvalue weighted by atomic mass is 10.1. The maximum atomic E-state index is 13.6. The van der Waals surface area contributed by atoms with Gasteiger partial charge >= 0.3 is 0 Å². The van der Waals surface area contributed by atoms with Crippen molar-refractivity contribution in [2.45, 2.75) is 46.2 Å². The third-order valence-electron chi connectivity index (χ3n) is 3.49. The fourth-order valence-corrected chi connectivity index (χ4v) is 2.42. The second kappa shape index (κ2) is 7.31. The van der Waals surface area contributed by atoms with Crippen LogP contribution in [0.5, 0.6) is 0 Å². The lowest BCUT2D eigenvalue weighted by molar-refractivity contribution is 0.483. The molecule has 0 bridgehead atoms. The molecule has 0 spiro atoms. The van der Waals surface area contributed by atoms with E-state index in [1.54, 1.807) is 6.07 Å². The van der Waals surface area contributed by atoms with E-state index in [2.05, 4.69) is 22.3 Å². The molecule has 0 amide bonds. The van der Waals surface area contributed by atoms with E-state index in [1.165, 1.54) is 6.07 Å². The highest BCUT2D eigenvalue weighted by Gasteiger charge is 2.07.